The summed E-state index contributed by atoms with van der Waals surface area (Å²) in [5.41, 5.74) is 7.57. The van der Waals surface area contributed by atoms with Gasteiger partial charge in [-0.15, -0.1) is 5.10 Å². The van der Waals surface area contributed by atoms with Crippen LogP contribution >= 0.6 is 0 Å². The number of nitrogens with zero attached hydrogens (tertiary/aromatic N) is 5. The van der Waals surface area contributed by atoms with E-state index in [0.29, 0.717) is 19.1 Å². The summed E-state index contributed by atoms with van der Waals surface area (Å²) in [7, 11) is 0. The summed E-state index contributed by atoms with van der Waals surface area (Å²) in [6, 6.07) is 2.68. The fourth-order valence-corrected chi connectivity index (χ4v) is 2.99. The number of aromatic nitrogens is 5. The first-order chi connectivity index (χ1) is 10.3. The molecule has 21 heavy (non-hydrogen) atoms. The molecule has 0 amide bonds. The van der Waals surface area contributed by atoms with Crippen molar-refractivity contribution in [3.63, 3.8) is 0 Å². The second kappa shape index (κ2) is 6.85. The third-order valence-corrected chi connectivity index (χ3v) is 4.16. The van der Waals surface area contributed by atoms with E-state index in [0.717, 1.165) is 24.2 Å². The molecule has 2 heterocycles. The molecular weight excluding hydrogens is 264 g/mol. The summed E-state index contributed by atoms with van der Waals surface area (Å²) in [4.78, 5) is 0. The molecule has 3 rings (SSSR count). The maximum atomic E-state index is 5.51. The van der Waals surface area contributed by atoms with Crippen molar-refractivity contribution in [3.8, 4) is 0 Å². The van der Waals surface area contributed by atoms with E-state index < -0.39 is 0 Å². The van der Waals surface area contributed by atoms with Crippen molar-refractivity contribution in [1.82, 2.24) is 24.8 Å². The van der Waals surface area contributed by atoms with Crippen molar-refractivity contribution < 1.29 is 0 Å². The summed E-state index contributed by atoms with van der Waals surface area (Å²) in [5.74, 6) is 0. The molecule has 0 aliphatic heterocycles. The summed E-state index contributed by atoms with van der Waals surface area (Å²) < 4.78 is 4.00. The highest BCUT2D eigenvalue weighted by Gasteiger charge is 2.16. The van der Waals surface area contributed by atoms with Gasteiger partial charge in [0, 0.05) is 12.4 Å². The van der Waals surface area contributed by atoms with E-state index in [9.17, 15) is 0 Å². The molecule has 1 fully saturated rings. The van der Waals surface area contributed by atoms with Gasteiger partial charge in [0.1, 0.15) is 0 Å². The zero-order chi connectivity index (χ0) is 14.5. The van der Waals surface area contributed by atoms with Crippen molar-refractivity contribution in [2.75, 3.05) is 6.54 Å². The second-order valence-electron chi connectivity index (χ2n) is 5.88. The molecule has 6 nitrogen and oxygen atoms in total. The highest BCUT2D eigenvalue weighted by Crippen LogP contribution is 2.27. The molecule has 114 valence electrons. The second-order valence-corrected chi connectivity index (χ2v) is 5.88. The van der Waals surface area contributed by atoms with Crippen LogP contribution in [0.15, 0.2) is 18.5 Å². The molecule has 2 aromatic heterocycles. The van der Waals surface area contributed by atoms with Gasteiger partial charge in [-0.3, -0.25) is 4.68 Å². The van der Waals surface area contributed by atoms with Crippen molar-refractivity contribution in [1.29, 1.82) is 0 Å². The first kappa shape index (κ1) is 14.3. The average Bonchev–Trinajstić information content (AvgIpc) is 3.16. The lowest BCUT2D eigenvalue weighted by Gasteiger charge is -2.21. The van der Waals surface area contributed by atoms with Gasteiger partial charge >= 0.3 is 0 Å². The van der Waals surface area contributed by atoms with E-state index in [2.05, 4.69) is 27.3 Å². The van der Waals surface area contributed by atoms with Crippen LogP contribution in [0.2, 0.25) is 0 Å². The van der Waals surface area contributed by atoms with Gasteiger partial charge in [0.25, 0.3) is 0 Å². The fraction of sp³-hybridized carbons (Fsp3) is 0.667. The Morgan fingerprint density at radius 2 is 2.05 bits per heavy atom. The van der Waals surface area contributed by atoms with Crippen LogP contribution in [0.5, 0.6) is 0 Å². The summed E-state index contributed by atoms with van der Waals surface area (Å²) in [6.07, 6.45) is 12.5. The maximum Gasteiger partial charge on any atom is 0.0867 e. The minimum atomic E-state index is 0.586. The molecular formula is C15H24N6. The Balaban J connectivity index is 1.59. The topological polar surface area (TPSA) is 74.5 Å². The van der Waals surface area contributed by atoms with Crippen LogP contribution < -0.4 is 5.73 Å². The zero-order valence-electron chi connectivity index (χ0n) is 12.5. The molecule has 0 unspecified atom stereocenters. The Bertz CT molecular complexity index is 552. The van der Waals surface area contributed by atoms with Gasteiger partial charge in [0.15, 0.2) is 0 Å². The minimum absolute atomic E-state index is 0.586. The molecule has 2 N–H and O–H groups in total. The van der Waals surface area contributed by atoms with E-state index in [1.165, 1.54) is 32.1 Å². The molecule has 0 bridgehead atoms. The molecule has 2 aromatic rings. The van der Waals surface area contributed by atoms with Crippen LogP contribution in [0.1, 0.15) is 56.0 Å². The van der Waals surface area contributed by atoms with Gasteiger partial charge in [-0.25, -0.2) is 4.68 Å². The van der Waals surface area contributed by atoms with E-state index in [-0.39, 0.29) is 0 Å². The van der Waals surface area contributed by atoms with Crippen molar-refractivity contribution in [2.45, 2.75) is 57.5 Å². The Hall–Kier alpha value is -1.69. The molecule has 6 heteroatoms. The number of hydrogen-bond acceptors (Lipinski definition) is 4. The number of aryl methyl sites for hydroxylation is 1. The summed E-state index contributed by atoms with van der Waals surface area (Å²) >= 11 is 0. The molecule has 1 aliphatic carbocycles. The third kappa shape index (κ3) is 3.69. The predicted octanol–water partition coefficient (Wildman–Crippen LogP) is 1.92. The van der Waals surface area contributed by atoms with Crippen molar-refractivity contribution in [2.24, 2.45) is 5.73 Å². The van der Waals surface area contributed by atoms with Crippen LogP contribution in [0, 0.1) is 0 Å². The van der Waals surface area contributed by atoms with Gasteiger partial charge in [0.05, 0.1) is 24.0 Å². The molecule has 0 aromatic carbocycles. The number of hydrogen-bond donors (Lipinski definition) is 1. The quantitative estimate of drug-likeness (QED) is 0.881. The molecule has 0 atom stereocenters. The monoisotopic (exact) mass is 288 g/mol. The maximum absolute atomic E-state index is 5.51. The number of nitrogens with two attached hydrogens (primary N) is 1. The molecule has 1 saturated carbocycles. The zero-order valence-corrected chi connectivity index (χ0v) is 12.5. The van der Waals surface area contributed by atoms with Gasteiger partial charge in [-0.05, 0) is 38.3 Å². The van der Waals surface area contributed by atoms with E-state index in [1.54, 1.807) is 0 Å². The average molecular weight is 288 g/mol. The lowest BCUT2D eigenvalue weighted by molar-refractivity contribution is 0.327. The van der Waals surface area contributed by atoms with E-state index in [4.69, 9.17) is 10.8 Å². The first-order valence-corrected chi connectivity index (χ1v) is 7.98. The number of rotatable bonds is 6. The molecule has 0 spiro atoms. The summed E-state index contributed by atoms with van der Waals surface area (Å²) in [5, 5.41) is 13.0. The SMILES string of the molecule is NCCCc1cn(Cc2ccn(C3CCCCC3)n2)nn1. The highest BCUT2D eigenvalue weighted by atomic mass is 15.4. The molecule has 0 saturated heterocycles. The van der Waals surface area contributed by atoms with Gasteiger partial charge in [0.2, 0.25) is 0 Å². The third-order valence-electron chi connectivity index (χ3n) is 4.16. The smallest absolute Gasteiger partial charge is 0.0867 e. The molecule has 1 aliphatic rings. The largest absolute Gasteiger partial charge is 0.330 e. The van der Waals surface area contributed by atoms with Crippen LogP contribution in [0.25, 0.3) is 0 Å². The Kier molecular flexibility index (Phi) is 4.65. The lowest BCUT2D eigenvalue weighted by Crippen LogP contribution is -2.13. The Labute approximate surface area is 125 Å². The Morgan fingerprint density at radius 1 is 1.19 bits per heavy atom. The van der Waals surface area contributed by atoms with Crippen LogP contribution in [0.4, 0.5) is 0 Å². The molecule has 0 radical (unpaired) electrons. The van der Waals surface area contributed by atoms with Crippen LogP contribution in [0.3, 0.4) is 0 Å². The van der Waals surface area contributed by atoms with Crippen LogP contribution in [-0.2, 0) is 13.0 Å². The normalized spacial score (nSPS) is 16.4. The predicted molar refractivity (Wildman–Crippen MR) is 80.8 cm³/mol. The van der Waals surface area contributed by atoms with Crippen molar-refractivity contribution >= 4 is 0 Å². The Morgan fingerprint density at radius 3 is 2.86 bits per heavy atom. The first-order valence-electron chi connectivity index (χ1n) is 7.98. The van der Waals surface area contributed by atoms with Gasteiger partial charge < -0.3 is 5.73 Å². The van der Waals surface area contributed by atoms with Crippen molar-refractivity contribution in [3.05, 3.63) is 29.8 Å². The highest BCUT2D eigenvalue weighted by molar-refractivity contribution is 5.02. The van der Waals surface area contributed by atoms with Gasteiger partial charge in [-0.2, -0.15) is 5.10 Å². The standard InChI is InChI=1S/C15H24N6/c16-9-4-5-13-11-20(19-17-13)12-14-8-10-21(18-14)15-6-2-1-3-7-15/h8,10-11,15H,1-7,9,12,16H2. The van der Waals surface area contributed by atoms with Gasteiger partial charge in [-0.1, -0.05) is 24.5 Å². The summed E-state index contributed by atoms with van der Waals surface area (Å²) in [6.45, 7) is 1.38. The van der Waals surface area contributed by atoms with E-state index >= 15 is 0 Å². The van der Waals surface area contributed by atoms with E-state index in [1.807, 2.05) is 10.9 Å². The van der Waals surface area contributed by atoms with Crippen LogP contribution in [-0.4, -0.2) is 31.3 Å². The lowest BCUT2D eigenvalue weighted by atomic mass is 9.96. The minimum Gasteiger partial charge on any atom is -0.330 e. The fourth-order valence-electron chi connectivity index (χ4n) is 2.99.